The van der Waals surface area contributed by atoms with E-state index in [-0.39, 0.29) is 17.5 Å². The second kappa shape index (κ2) is 7.95. The van der Waals surface area contributed by atoms with Crippen molar-refractivity contribution in [1.29, 1.82) is 0 Å². The lowest BCUT2D eigenvalue weighted by Crippen LogP contribution is -2.40. The second-order valence-electron chi connectivity index (χ2n) is 7.36. The van der Waals surface area contributed by atoms with Crippen molar-refractivity contribution in [2.24, 2.45) is 0 Å². The Morgan fingerprint density at radius 1 is 1.25 bits per heavy atom. The summed E-state index contributed by atoms with van der Waals surface area (Å²) in [5.74, 6) is 2.38. The molecule has 1 N–H and O–H groups in total. The maximum absolute atomic E-state index is 12.7. The SMILES string of the molecule is O=C(CCNc1ccccc1[N+](=O)[O-])N1CCCC(c2nnc3n2CCC3)C1. The molecule has 2 aliphatic rings. The number of nitro groups is 1. The summed E-state index contributed by atoms with van der Waals surface area (Å²) in [5.41, 5.74) is 0.462. The predicted octanol–water partition coefficient (Wildman–Crippen LogP) is 2.34. The molecule has 148 valence electrons. The van der Waals surface area contributed by atoms with Crippen LogP contribution in [0.4, 0.5) is 11.4 Å². The average Bonchev–Trinajstić information content (AvgIpc) is 3.32. The molecule has 28 heavy (non-hydrogen) atoms. The van der Waals surface area contributed by atoms with Gasteiger partial charge in [-0.3, -0.25) is 14.9 Å². The molecule has 0 spiro atoms. The van der Waals surface area contributed by atoms with Crippen molar-refractivity contribution in [1.82, 2.24) is 19.7 Å². The van der Waals surface area contributed by atoms with Crippen LogP contribution in [0.15, 0.2) is 24.3 Å². The van der Waals surface area contributed by atoms with E-state index in [1.807, 2.05) is 4.90 Å². The molecule has 9 nitrogen and oxygen atoms in total. The number of anilines is 1. The summed E-state index contributed by atoms with van der Waals surface area (Å²) in [7, 11) is 0. The van der Waals surface area contributed by atoms with Gasteiger partial charge in [0.25, 0.3) is 5.69 Å². The van der Waals surface area contributed by atoms with Crippen LogP contribution in [0.1, 0.15) is 43.3 Å². The predicted molar refractivity (Wildman–Crippen MR) is 103 cm³/mol. The van der Waals surface area contributed by atoms with E-state index in [9.17, 15) is 14.9 Å². The Morgan fingerprint density at radius 2 is 2.11 bits per heavy atom. The number of amides is 1. The molecule has 4 rings (SSSR count). The Kier molecular flexibility index (Phi) is 5.23. The number of rotatable bonds is 6. The van der Waals surface area contributed by atoms with E-state index in [4.69, 9.17) is 0 Å². The Morgan fingerprint density at radius 3 is 2.96 bits per heavy atom. The first kappa shape index (κ1) is 18.4. The van der Waals surface area contributed by atoms with Gasteiger partial charge in [-0.2, -0.15) is 0 Å². The molecule has 2 aliphatic heterocycles. The first-order valence-corrected chi connectivity index (χ1v) is 9.80. The molecule has 1 aromatic carbocycles. The molecule has 1 amide bonds. The standard InChI is InChI=1S/C19H24N6O3/c26-18(9-10-20-15-6-1-2-7-16(15)25(27)28)23-11-3-5-14(13-23)19-22-21-17-8-4-12-24(17)19/h1-2,6-7,14,20H,3-5,8-13H2. The third-order valence-electron chi connectivity index (χ3n) is 5.53. The van der Waals surface area contributed by atoms with Crippen molar-refractivity contribution in [3.63, 3.8) is 0 Å². The molecule has 1 atom stereocenters. The van der Waals surface area contributed by atoms with E-state index < -0.39 is 4.92 Å². The van der Waals surface area contributed by atoms with Crippen LogP contribution < -0.4 is 5.32 Å². The number of hydrogen-bond donors (Lipinski definition) is 1. The van der Waals surface area contributed by atoms with Crippen molar-refractivity contribution < 1.29 is 9.72 Å². The molecule has 3 heterocycles. The van der Waals surface area contributed by atoms with Crippen molar-refractivity contribution in [2.75, 3.05) is 25.0 Å². The zero-order chi connectivity index (χ0) is 19.5. The van der Waals surface area contributed by atoms with Gasteiger partial charge in [0, 0.05) is 51.0 Å². The lowest BCUT2D eigenvalue weighted by atomic mass is 9.97. The fourth-order valence-electron chi connectivity index (χ4n) is 4.13. The molecular weight excluding hydrogens is 360 g/mol. The van der Waals surface area contributed by atoms with Gasteiger partial charge in [0.2, 0.25) is 5.91 Å². The zero-order valence-corrected chi connectivity index (χ0v) is 15.7. The number of carbonyl (C=O) groups excluding carboxylic acids is 1. The summed E-state index contributed by atoms with van der Waals surface area (Å²) in [6.45, 7) is 2.76. The number of carbonyl (C=O) groups is 1. The number of likely N-dealkylation sites (tertiary alicyclic amines) is 1. The van der Waals surface area contributed by atoms with Crippen LogP contribution in [0.3, 0.4) is 0 Å². The van der Waals surface area contributed by atoms with Gasteiger partial charge in [0.1, 0.15) is 17.3 Å². The first-order chi connectivity index (χ1) is 13.6. The molecule has 0 aliphatic carbocycles. The molecule has 2 aromatic rings. The molecule has 0 bridgehead atoms. The Hall–Kier alpha value is -2.97. The summed E-state index contributed by atoms with van der Waals surface area (Å²) >= 11 is 0. The average molecular weight is 384 g/mol. The van der Waals surface area contributed by atoms with Gasteiger partial charge in [-0.15, -0.1) is 10.2 Å². The molecule has 1 fully saturated rings. The maximum atomic E-state index is 12.7. The van der Waals surface area contributed by atoms with Gasteiger partial charge in [0.15, 0.2) is 0 Å². The smallest absolute Gasteiger partial charge is 0.292 e. The highest BCUT2D eigenvalue weighted by atomic mass is 16.6. The number of piperidine rings is 1. The van der Waals surface area contributed by atoms with Crippen molar-refractivity contribution >= 4 is 17.3 Å². The monoisotopic (exact) mass is 384 g/mol. The molecular formula is C19H24N6O3. The number of nitrogens with one attached hydrogen (secondary N) is 1. The van der Waals surface area contributed by atoms with Gasteiger partial charge in [-0.05, 0) is 25.3 Å². The largest absolute Gasteiger partial charge is 0.379 e. The van der Waals surface area contributed by atoms with Gasteiger partial charge in [-0.25, -0.2) is 0 Å². The highest BCUT2D eigenvalue weighted by molar-refractivity contribution is 5.77. The maximum Gasteiger partial charge on any atom is 0.292 e. The normalized spacial score (nSPS) is 18.7. The van der Waals surface area contributed by atoms with Crippen LogP contribution in [0.25, 0.3) is 0 Å². The number of benzene rings is 1. The van der Waals surface area contributed by atoms with E-state index in [1.54, 1.807) is 18.2 Å². The second-order valence-corrected chi connectivity index (χ2v) is 7.36. The Labute approximate surface area is 162 Å². The van der Waals surface area contributed by atoms with Crippen LogP contribution in [0.5, 0.6) is 0 Å². The van der Waals surface area contributed by atoms with Gasteiger partial charge >= 0.3 is 0 Å². The number of nitrogens with zero attached hydrogens (tertiary/aromatic N) is 5. The minimum absolute atomic E-state index is 0.0219. The fourth-order valence-corrected chi connectivity index (χ4v) is 4.13. The van der Waals surface area contributed by atoms with E-state index in [2.05, 4.69) is 20.1 Å². The first-order valence-electron chi connectivity index (χ1n) is 9.80. The fraction of sp³-hybridized carbons (Fsp3) is 0.526. The molecule has 1 saturated heterocycles. The summed E-state index contributed by atoms with van der Waals surface area (Å²) in [6, 6.07) is 6.48. The zero-order valence-electron chi connectivity index (χ0n) is 15.7. The van der Waals surface area contributed by atoms with Crippen molar-refractivity contribution in [3.05, 3.63) is 46.0 Å². The number of hydrogen-bond acceptors (Lipinski definition) is 6. The lowest BCUT2D eigenvalue weighted by Gasteiger charge is -2.32. The van der Waals surface area contributed by atoms with Crippen LogP contribution >= 0.6 is 0 Å². The van der Waals surface area contributed by atoms with Crippen molar-refractivity contribution in [3.8, 4) is 0 Å². The molecule has 1 aromatic heterocycles. The van der Waals surface area contributed by atoms with E-state index in [0.717, 1.165) is 50.4 Å². The van der Waals surface area contributed by atoms with Crippen LogP contribution in [0.2, 0.25) is 0 Å². The van der Waals surface area contributed by atoms with E-state index in [0.29, 0.717) is 25.2 Å². The summed E-state index contributed by atoms with van der Waals surface area (Å²) in [4.78, 5) is 25.2. The molecule has 0 saturated carbocycles. The summed E-state index contributed by atoms with van der Waals surface area (Å²) < 4.78 is 2.22. The summed E-state index contributed by atoms with van der Waals surface area (Å²) in [6.07, 6.45) is 4.38. The highest BCUT2D eigenvalue weighted by Crippen LogP contribution is 2.29. The van der Waals surface area contributed by atoms with E-state index in [1.165, 1.54) is 6.07 Å². The Balaban J connectivity index is 1.33. The highest BCUT2D eigenvalue weighted by Gasteiger charge is 2.30. The van der Waals surface area contributed by atoms with Crippen LogP contribution in [0, 0.1) is 10.1 Å². The minimum Gasteiger partial charge on any atom is -0.379 e. The third-order valence-corrected chi connectivity index (χ3v) is 5.53. The third kappa shape index (κ3) is 3.69. The van der Waals surface area contributed by atoms with E-state index >= 15 is 0 Å². The van der Waals surface area contributed by atoms with Gasteiger partial charge in [0.05, 0.1) is 4.92 Å². The molecule has 9 heteroatoms. The Bertz CT molecular complexity index is 880. The van der Waals surface area contributed by atoms with Crippen molar-refractivity contribution in [2.45, 2.75) is 44.6 Å². The van der Waals surface area contributed by atoms with Gasteiger partial charge in [-0.1, -0.05) is 12.1 Å². The lowest BCUT2D eigenvalue weighted by molar-refractivity contribution is -0.384. The number of nitro benzene ring substituents is 1. The quantitative estimate of drug-likeness (QED) is 0.605. The van der Waals surface area contributed by atoms with Crippen LogP contribution in [-0.2, 0) is 17.8 Å². The number of aromatic nitrogens is 3. The number of fused-ring (bicyclic) bond motifs is 1. The minimum atomic E-state index is -0.420. The topological polar surface area (TPSA) is 106 Å². The molecule has 1 unspecified atom stereocenters. The molecule has 0 radical (unpaired) electrons. The number of aryl methyl sites for hydroxylation is 1. The summed E-state index contributed by atoms with van der Waals surface area (Å²) in [5, 5.41) is 22.8. The van der Waals surface area contributed by atoms with Crippen LogP contribution in [-0.4, -0.2) is 50.1 Å². The van der Waals surface area contributed by atoms with Gasteiger partial charge < -0.3 is 14.8 Å². The number of para-hydroxylation sites is 2.